The first-order chi connectivity index (χ1) is 20.2. The van der Waals surface area contributed by atoms with Crippen LogP contribution in [0.4, 0.5) is 37.7 Å². The first-order valence-corrected chi connectivity index (χ1v) is 12.9. The van der Waals surface area contributed by atoms with E-state index >= 15 is 0 Å². The third kappa shape index (κ3) is 6.68. The van der Waals surface area contributed by atoms with Gasteiger partial charge in [-0.3, -0.25) is 9.59 Å². The number of aromatic carboxylic acids is 2. The number of carbonyl (C=O) groups is 4. The molecule has 0 unspecified atom stereocenters. The lowest BCUT2D eigenvalue weighted by molar-refractivity contribution is -0.139. The van der Waals surface area contributed by atoms with E-state index in [1.54, 1.807) is 20.8 Å². The number of nitrogens with two attached hydrogens (primary N) is 1. The summed E-state index contributed by atoms with van der Waals surface area (Å²) < 4.78 is 83.3. The van der Waals surface area contributed by atoms with Gasteiger partial charge in [0.15, 0.2) is 5.78 Å². The average molecular weight is 625 g/mol. The number of benzene rings is 3. The van der Waals surface area contributed by atoms with E-state index in [4.69, 9.17) is 5.73 Å². The molecule has 1 amide bonds. The first-order valence-electron chi connectivity index (χ1n) is 12.9. The van der Waals surface area contributed by atoms with Gasteiger partial charge in [0.05, 0.1) is 27.8 Å². The molecule has 0 aliphatic heterocycles. The summed E-state index contributed by atoms with van der Waals surface area (Å²) in [6.07, 6.45) is -9.74. The minimum atomic E-state index is -5.21. The quantitative estimate of drug-likeness (QED) is 0.109. The van der Waals surface area contributed by atoms with Crippen LogP contribution in [0.3, 0.4) is 0 Å². The van der Waals surface area contributed by atoms with Crippen LogP contribution in [0.25, 0.3) is 11.1 Å². The molecule has 8 nitrogen and oxygen atoms in total. The van der Waals surface area contributed by atoms with Crippen molar-refractivity contribution in [3.8, 4) is 11.1 Å². The second-order valence-corrected chi connectivity index (χ2v) is 10.2. The van der Waals surface area contributed by atoms with Crippen molar-refractivity contribution in [1.29, 1.82) is 0 Å². The predicted molar refractivity (Wildman–Crippen MR) is 148 cm³/mol. The van der Waals surface area contributed by atoms with E-state index in [0.29, 0.717) is 24.3 Å². The molecule has 0 saturated carbocycles. The van der Waals surface area contributed by atoms with E-state index in [1.807, 2.05) is 0 Å². The Balaban J connectivity index is 2.19. The van der Waals surface area contributed by atoms with E-state index in [-0.39, 0.29) is 18.5 Å². The molecule has 0 aliphatic rings. The highest BCUT2D eigenvalue weighted by atomic mass is 19.4. The van der Waals surface area contributed by atoms with Gasteiger partial charge < -0.3 is 21.3 Å². The fourth-order valence-electron chi connectivity index (χ4n) is 4.55. The van der Waals surface area contributed by atoms with Crippen LogP contribution < -0.4 is 11.1 Å². The highest BCUT2D eigenvalue weighted by molar-refractivity contribution is 6.16. The molecule has 0 saturated heterocycles. The summed E-state index contributed by atoms with van der Waals surface area (Å²) in [7, 11) is 0. The molecule has 0 atom stereocenters. The monoisotopic (exact) mass is 624 g/mol. The molecule has 5 N–H and O–H groups in total. The third-order valence-corrected chi connectivity index (χ3v) is 7.44. The van der Waals surface area contributed by atoms with Crippen LogP contribution in [-0.4, -0.2) is 33.8 Å². The second-order valence-electron chi connectivity index (χ2n) is 10.2. The molecule has 3 aromatic carbocycles. The highest BCUT2D eigenvalue weighted by Gasteiger charge is 2.39. The SMILES string of the molecule is CCC(C)(CC)C(=O)c1cc(C(=O)Nc2ccc(-c3ccc(N)cc3C(F)(F)F)c(C(F)(F)F)c2)c(C(=O)O)cc1C(=O)O. The molecule has 0 fully saturated rings. The van der Waals surface area contributed by atoms with Crippen molar-refractivity contribution in [1.82, 2.24) is 0 Å². The Bertz CT molecular complexity index is 1660. The van der Waals surface area contributed by atoms with Gasteiger partial charge in [-0.1, -0.05) is 32.9 Å². The Kier molecular flexibility index (Phi) is 9.18. The van der Waals surface area contributed by atoms with Gasteiger partial charge in [0, 0.05) is 22.4 Å². The van der Waals surface area contributed by atoms with Gasteiger partial charge >= 0.3 is 24.3 Å². The van der Waals surface area contributed by atoms with Gasteiger partial charge in [0.25, 0.3) is 5.91 Å². The standard InChI is InChI=1S/C30H26F6N2O6/c1-4-28(3,5-2)24(39)18-12-19(21(27(43)44)13-20(18)26(41)42)25(40)38-15-7-9-17(23(11-15)30(34,35)36)16-8-6-14(37)10-22(16)29(31,32)33/h6-13H,4-5,37H2,1-3H3,(H,38,40)(H,41,42)(H,43,44). The number of amides is 1. The van der Waals surface area contributed by atoms with Crippen LogP contribution in [0.1, 0.15) is 86.2 Å². The van der Waals surface area contributed by atoms with Crippen LogP contribution in [0.15, 0.2) is 48.5 Å². The summed E-state index contributed by atoms with van der Waals surface area (Å²) in [5.41, 5.74) is -3.99. The number of ketones is 1. The van der Waals surface area contributed by atoms with E-state index in [1.165, 1.54) is 0 Å². The summed E-state index contributed by atoms with van der Waals surface area (Å²) in [5.74, 6) is -5.42. The molecule has 0 aliphatic carbocycles. The van der Waals surface area contributed by atoms with Crippen molar-refractivity contribution in [2.75, 3.05) is 11.1 Å². The maximum atomic E-state index is 14.1. The number of halogens is 6. The lowest BCUT2D eigenvalue weighted by atomic mass is 9.76. The number of nitrogens with one attached hydrogen (secondary N) is 1. The second kappa shape index (κ2) is 12.0. The molecule has 0 radical (unpaired) electrons. The summed E-state index contributed by atoms with van der Waals surface area (Å²) >= 11 is 0. The Labute approximate surface area is 246 Å². The minimum Gasteiger partial charge on any atom is -0.478 e. The van der Waals surface area contributed by atoms with Crippen LogP contribution in [-0.2, 0) is 12.4 Å². The van der Waals surface area contributed by atoms with Gasteiger partial charge in [-0.25, -0.2) is 9.59 Å². The number of hydrogen-bond acceptors (Lipinski definition) is 5. The van der Waals surface area contributed by atoms with Crippen LogP contribution >= 0.6 is 0 Å². The van der Waals surface area contributed by atoms with E-state index in [0.717, 1.165) is 24.3 Å². The van der Waals surface area contributed by atoms with Gasteiger partial charge in [0.2, 0.25) is 0 Å². The number of nitrogen functional groups attached to an aromatic ring is 1. The average Bonchev–Trinajstić information content (AvgIpc) is 2.94. The van der Waals surface area contributed by atoms with E-state index in [2.05, 4.69) is 5.32 Å². The maximum absolute atomic E-state index is 14.1. The molecule has 44 heavy (non-hydrogen) atoms. The number of hydrogen-bond donors (Lipinski definition) is 4. The number of carbonyl (C=O) groups excluding carboxylic acids is 2. The maximum Gasteiger partial charge on any atom is 0.417 e. The molecule has 0 spiro atoms. The fraction of sp³-hybridized carbons (Fsp3) is 0.267. The highest BCUT2D eigenvalue weighted by Crippen LogP contribution is 2.44. The molecule has 3 aromatic rings. The van der Waals surface area contributed by atoms with Crippen molar-refractivity contribution in [2.45, 2.75) is 46.0 Å². The number of carboxylic acid groups (broad SMARTS) is 2. The molecular formula is C30H26F6N2O6. The summed E-state index contributed by atoms with van der Waals surface area (Å²) in [6, 6.07) is 5.59. The molecule has 0 heterocycles. The van der Waals surface area contributed by atoms with Crippen LogP contribution in [0.5, 0.6) is 0 Å². The van der Waals surface area contributed by atoms with Crippen LogP contribution in [0.2, 0.25) is 0 Å². The zero-order valence-corrected chi connectivity index (χ0v) is 23.4. The Morgan fingerprint density at radius 2 is 1.16 bits per heavy atom. The predicted octanol–water partition coefficient (Wildman–Crippen LogP) is 7.63. The van der Waals surface area contributed by atoms with E-state index < -0.39 is 91.6 Å². The largest absolute Gasteiger partial charge is 0.478 e. The van der Waals surface area contributed by atoms with E-state index in [9.17, 15) is 55.7 Å². The molecule has 3 rings (SSSR count). The molecule has 0 aromatic heterocycles. The van der Waals surface area contributed by atoms with Crippen molar-refractivity contribution < 1.29 is 55.7 Å². The number of Topliss-reactive ketones (excluding diaryl/α,β-unsaturated/α-hetero) is 1. The first kappa shape index (κ1) is 33.6. The summed E-state index contributed by atoms with van der Waals surface area (Å²) in [4.78, 5) is 50.5. The lowest BCUT2D eigenvalue weighted by Gasteiger charge is -2.26. The minimum absolute atomic E-state index is 0.264. The van der Waals surface area contributed by atoms with Gasteiger partial charge in [0.1, 0.15) is 0 Å². The number of alkyl halides is 6. The van der Waals surface area contributed by atoms with Crippen molar-refractivity contribution in [3.63, 3.8) is 0 Å². The smallest absolute Gasteiger partial charge is 0.417 e. The Morgan fingerprint density at radius 3 is 1.64 bits per heavy atom. The fourth-order valence-corrected chi connectivity index (χ4v) is 4.55. The Hall–Kier alpha value is -4.88. The zero-order chi connectivity index (χ0) is 33.4. The van der Waals surface area contributed by atoms with Gasteiger partial charge in [-0.05, 0) is 60.4 Å². The summed E-state index contributed by atoms with van der Waals surface area (Å²) in [5, 5.41) is 21.4. The van der Waals surface area contributed by atoms with Crippen molar-refractivity contribution in [3.05, 3.63) is 81.9 Å². The van der Waals surface area contributed by atoms with Crippen molar-refractivity contribution in [2.24, 2.45) is 5.41 Å². The third-order valence-electron chi connectivity index (χ3n) is 7.44. The summed E-state index contributed by atoms with van der Waals surface area (Å²) in [6.45, 7) is 4.90. The lowest BCUT2D eigenvalue weighted by Crippen LogP contribution is -2.29. The number of carboxylic acids is 2. The number of anilines is 2. The molecule has 14 heteroatoms. The zero-order valence-electron chi connectivity index (χ0n) is 23.4. The van der Waals surface area contributed by atoms with Gasteiger partial charge in [-0.2, -0.15) is 26.3 Å². The number of rotatable bonds is 9. The van der Waals surface area contributed by atoms with Gasteiger partial charge in [-0.15, -0.1) is 0 Å². The normalized spacial score (nSPS) is 12.1. The Morgan fingerprint density at radius 1 is 0.705 bits per heavy atom. The van der Waals surface area contributed by atoms with Crippen LogP contribution in [0, 0.1) is 5.41 Å². The molecular weight excluding hydrogens is 598 g/mol. The topological polar surface area (TPSA) is 147 Å². The molecule has 0 bridgehead atoms. The van der Waals surface area contributed by atoms with Crippen molar-refractivity contribution >= 4 is 35.0 Å². The molecule has 234 valence electrons.